The monoisotopic (exact) mass is 528 g/mol. The van der Waals surface area contributed by atoms with Crippen molar-refractivity contribution in [2.24, 2.45) is 0 Å². The Morgan fingerprint density at radius 2 is 1.56 bits per heavy atom. The maximum Gasteiger partial charge on any atom is 0.416 e. The molecule has 1 amide bonds. The van der Waals surface area contributed by atoms with Crippen molar-refractivity contribution in [1.29, 1.82) is 0 Å². The van der Waals surface area contributed by atoms with E-state index in [1.165, 1.54) is 37.3 Å². The molecule has 0 heterocycles. The highest BCUT2D eigenvalue weighted by Gasteiger charge is 2.30. The van der Waals surface area contributed by atoms with Crippen LogP contribution in [0.2, 0.25) is 0 Å². The summed E-state index contributed by atoms with van der Waals surface area (Å²) in [6, 6.07) is 10.7. The lowest BCUT2D eigenvalue weighted by molar-refractivity contribution is -0.137. The van der Waals surface area contributed by atoms with Crippen molar-refractivity contribution < 1.29 is 44.7 Å². The van der Waals surface area contributed by atoms with E-state index in [2.05, 4.69) is 10.0 Å². The third-order valence-corrected chi connectivity index (χ3v) is 6.06. The minimum absolute atomic E-state index is 0.00776. The summed E-state index contributed by atoms with van der Waals surface area (Å²) in [5.41, 5.74) is -1.18. The summed E-state index contributed by atoms with van der Waals surface area (Å²) in [6.07, 6.45) is -5.98. The Bertz CT molecular complexity index is 1390. The van der Waals surface area contributed by atoms with Crippen LogP contribution < -0.4 is 10.0 Å². The van der Waals surface area contributed by atoms with E-state index in [4.69, 9.17) is 4.74 Å². The normalized spacial score (nSPS) is 12.5. The van der Waals surface area contributed by atoms with E-state index in [1.54, 1.807) is 0 Å². The zero-order chi connectivity index (χ0) is 26.7. The van der Waals surface area contributed by atoms with E-state index in [0.717, 1.165) is 24.3 Å². The van der Waals surface area contributed by atoms with Crippen LogP contribution in [0.25, 0.3) is 0 Å². The average Bonchev–Trinajstić information content (AvgIpc) is 2.80. The molecule has 0 aliphatic rings. The Morgan fingerprint density at radius 3 is 2.17 bits per heavy atom. The van der Waals surface area contributed by atoms with Crippen molar-refractivity contribution >= 4 is 33.3 Å². The van der Waals surface area contributed by atoms with Gasteiger partial charge >= 0.3 is 12.1 Å². The number of benzene rings is 3. The van der Waals surface area contributed by atoms with Crippen LogP contribution in [0.4, 0.5) is 33.3 Å². The van der Waals surface area contributed by atoms with Crippen LogP contribution in [0.1, 0.15) is 22.8 Å². The zero-order valence-electron chi connectivity index (χ0n) is 18.3. The van der Waals surface area contributed by atoms with Gasteiger partial charge in [-0.25, -0.2) is 22.0 Å². The van der Waals surface area contributed by atoms with Crippen LogP contribution in [-0.4, -0.2) is 26.4 Å². The smallest absolute Gasteiger partial charge is 0.416 e. The van der Waals surface area contributed by atoms with Gasteiger partial charge in [-0.3, -0.25) is 9.52 Å². The van der Waals surface area contributed by atoms with Gasteiger partial charge in [0, 0.05) is 11.4 Å². The number of carbonyl (C=O) groups is 2. The Morgan fingerprint density at radius 1 is 0.889 bits per heavy atom. The molecule has 2 N–H and O–H groups in total. The Labute approximate surface area is 201 Å². The fourth-order valence-corrected chi connectivity index (χ4v) is 3.90. The number of alkyl halides is 3. The van der Waals surface area contributed by atoms with Crippen LogP contribution in [0.15, 0.2) is 71.6 Å². The number of anilines is 2. The second-order valence-corrected chi connectivity index (χ2v) is 9.06. The molecule has 0 spiro atoms. The van der Waals surface area contributed by atoms with Gasteiger partial charge in [0.25, 0.3) is 15.9 Å². The van der Waals surface area contributed by atoms with Crippen LogP contribution in [0.3, 0.4) is 0 Å². The molecule has 3 aromatic rings. The molecule has 3 rings (SSSR count). The number of hydrogen-bond donors (Lipinski definition) is 2. The second-order valence-electron chi connectivity index (χ2n) is 7.37. The van der Waals surface area contributed by atoms with Crippen LogP contribution in [0, 0.1) is 11.6 Å². The Hall–Kier alpha value is -4.00. The van der Waals surface area contributed by atoms with Gasteiger partial charge in [-0.15, -0.1) is 0 Å². The molecular formula is C23H17F5N2O5S. The second kappa shape index (κ2) is 10.3. The number of rotatable bonds is 7. The largest absolute Gasteiger partial charge is 0.449 e. The summed E-state index contributed by atoms with van der Waals surface area (Å²) < 4.78 is 96.6. The lowest BCUT2D eigenvalue weighted by Gasteiger charge is -2.15. The van der Waals surface area contributed by atoms with Crippen LogP contribution >= 0.6 is 0 Å². The lowest BCUT2D eigenvalue weighted by Crippen LogP contribution is -2.30. The molecule has 0 aromatic heterocycles. The third-order valence-electron chi connectivity index (χ3n) is 4.68. The minimum atomic E-state index is -4.60. The fraction of sp³-hybridized carbons (Fsp3) is 0.130. The third kappa shape index (κ3) is 6.56. The number of hydrogen-bond acceptors (Lipinski definition) is 5. The highest BCUT2D eigenvalue weighted by atomic mass is 32.2. The van der Waals surface area contributed by atoms with Gasteiger partial charge in [0.1, 0.15) is 0 Å². The number of amides is 1. The van der Waals surface area contributed by atoms with E-state index < -0.39 is 56.3 Å². The molecule has 7 nitrogen and oxygen atoms in total. The molecule has 0 aliphatic carbocycles. The van der Waals surface area contributed by atoms with E-state index in [0.29, 0.717) is 12.1 Å². The molecule has 13 heteroatoms. The van der Waals surface area contributed by atoms with Crippen molar-refractivity contribution in [1.82, 2.24) is 0 Å². The van der Waals surface area contributed by atoms with Gasteiger partial charge in [0.15, 0.2) is 17.7 Å². The van der Waals surface area contributed by atoms with Gasteiger partial charge in [0.2, 0.25) is 0 Å². The standard InChI is InChI=1S/C23H17F5N2O5S/c1-13(21(31)29-17-4-2-3-15(11-17)23(26,27)28)35-22(32)14-5-7-16(8-6-14)30-36(33,34)18-9-10-19(24)20(25)12-18/h2-13,30H,1H3,(H,29,31)/t13-/m1/s1. The predicted molar refractivity (Wildman–Crippen MR) is 119 cm³/mol. The maximum absolute atomic E-state index is 13.3. The first kappa shape index (κ1) is 26.6. The van der Waals surface area contributed by atoms with Crippen molar-refractivity contribution in [2.45, 2.75) is 24.1 Å². The average molecular weight is 528 g/mol. The summed E-state index contributed by atoms with van der Waals surface area (Å²) >= 11 is 0. The number of esters is 1. The summed E-state index contributed by atoms with van der Waals surface area (Å²) in [5, 5.41) is 2.23. The molecule has 0 fully saturated rings. The van der Waals surface area contributed by atoms with Gasteiger partial charge in [-0.05, 0) is 67.6 Å². The number of sulfonamides is 1. The molecule has 0 unspecified atom stereocenters. The quantitative estimate of drug-likeness (QED) is 0.333. The van der Waals surface area contributed by atoms with Gasteiger partial charge in [-0.1, -0.05) is 6.07 Å². The van der Waals surface area contributed by atoms with E-state index in [1.807, 2.05) is 0 Å². The predicted octanol–water partition coefficient (Wildman–Crippen LogP) is 4.97. The molecule has 190 valence electrons. The first-order valence-electron chi connectivity index (χ1n) is 10.0. The Kier molecular flexibility index (Phi) is 7.62. The molecule has 0 aliphatic heterocycles. The topological polar surface area (TPSA) is 102 Å². The first-order chi connectivity index (χ1) is 16.8. The number of ether oxygens (including phenoxy) is 1. The highest BCUT2D eigenvalue weighted by molar-refractivity contribution is 7.92. The Balaban J connectivity index is 1.62. The van der Waals surface area contributed by atoms with E-state index >= 15 is 0 Å². The van der Waals surface area contributed by atoms with Crippen LogP contribution in [0.5, 0.6) is 0 Å². The van der Waals surface area contributed by atoms with E-state index in [-0.39, 0.29) is 16.9 Å². The van der Waals surface area contributed by atoms with Crippen molar-refractivity contribution in [2.75, 3.05) is 10.0 Å². The summed E-state index contributed by atoms with van der Waals surface area (Å²) in [6.45, 7) is 1.21. The van der Waals surface area contributed by atoms with Crippen LogP contribution in [-0.2, 0) is 25.7 Å². The van der Waals surface area contributed by atoms with E-state index in [9.17, 15) is 40.0 Å². The number of nitrogens with one attached hydrogen (secondary N) is 2. The molecule has 1 atom stereocenters. The van der Waals surface area contributed by atoms with Crippen molar-refractivity contribution in [3.63, 3.8) is 0 Å². The van der Waals surface area contributed by atoms with Gasteiger partial charge < -0.3 is 10.1 Å². The maximum atomic E-state index is 13.3. The summed E-state index contributed by atoms with van der Waals surface area (Å²) in [5.74, 6) is -4.40. The molecule has 0 bridgehead atoms. The molecule has 0 saturated heterocycles. The fourth-order valence-electron chi connectivity index (χ4n) is 2.83. The summed E-state index contributed by atoms with van der Waals surface area (Å²) in [4.78, 5) is 24.0. The molecule has 0 saturated carbocycles. The number of carbonyl (C=O) groups excluding carboxylic acids is 2. The summed E-state index contributed by atoms with van der Waals surface area (Å²) in [7, 11) is -4.25. The zero-order valence-corrected chi connectivity index (χ0v) is 19.1. The molecule has 0 radical (unpaired) electrons. The molecule has 36 heavy (non-hydrogen) atoms. The molecule has 3 aromatic carbocycles. The minimum Gasteiger partial charge on any atom is -0.449 e. The lowest BCUT2D eigenvalue weighted by atomic mass is 10.2. The van der Waals surface area contributed by atoms with Crippen molar-refractivity contribution in [3.05, 3.63) is 89.5 Å². The van der Waals surface area contributed by atoms with Crippen molar-refractivity contribution in [3.8, 4) is 0 Å². The highest BCUT2D eigenvalue weighted by Crippen LogP contribution is 2.30. The SMILES string of the molecule is C[C@@H](OC(=O)c1ccc(NS(=O)(=O)c2ccc(F)c(F)c2)cc1)C(=O)Nc1cccc(C(F)(F)F)c1. The van der Waals surface area contributed by atoms with Gasteiger partial charge in [0.05, 0.1) is 16.0 Å². The molecular weight excluding hydrogens is 511 g/mol. The first-order valence-corrected chi connectivity index (χ1v) is 11.5. The van der Waals surface area contributed by atoms with Gasteiger partial charge in [-0.2, -0.15) is 13.2 Å². The number of halogens is 5.